The predicted molar refractivity (Wildman–Crippen MR) is 85.6 cm³/mol. The summed E-state index contributed by atoms with van der Waals surface area (Å²) < 4.78 is 50.2. The molecule has 1 fully saturated rings. The molecule has 8 heteroatoms. The fourth-order valence-electron chi connectivity index (χ4n) is 2.31. The van der Waals surface area contributed by atoms with E-state index in [1.165, 1.54) is 4.90 Å². The largest absolute Gasteiger partial charge is 0.474 e. The first kappa shape index (κ1) is 19.5. The lowest BCUT2D eigenvalue weighted by Crippen LogP contribution is -2.42. The zero-order valence-corrected chi connectivity index (χ0v) is 14.8. The van der Waals surface area contributed by atoms with Crippen LogP contribution in [0.2, 0.25) is 0 Å². The van der Waals surface area contributed by atoms with Crippen LogP contribution in [0, 0.1) is 0 Å². The second kappa shape index (κ2) is 7.19. The minimum atomic E-state index is -4.61. The Hall–Kier alpha value is -1.83. The third kappa shape index (κ3) is 4.84. The highest BCUT2D eigenvalue weighted by molar-refractivity contribution is 5.92. The molecule has 1 atom stereocenters. The van der Waals surface area contributed by atoms with E-state index in [0.29, 0.717) is 6.61 Å². The molecule has 2 rings (SSSR count). The molecule has 0 spiro atoms. The Morgan fingerprint density at radius 2 is 2.04 bits per heavy atom. The zero-order chi connectivity index (χ0) is 18.8. The normalized spacial score (nSPS) is 18.3. The first-order chi connectivity index (χ1) is 11.5. The molecule has 140 valence electrons. The number of pyridine rings is 1. The van der Waals surface area contributed by atoms with Gasteiger partial charge in [0.1, 0.15) is 17.9 Å². The maximum Gasteiger partial charge on any atom is 0.421 e. The summed E-state index contributed by atoms with van der Waals surface area (Å²) in [5.41, 5.74) is -1.58. The lowest BCUT2D eigenvalue weighted by molar-refractivity contribution is -0.139. The minimum Gasteiger partial charge on any atom is -0.474 e. The Morgan fingerprint density at radius 3 is 2.56 bits per heavy atom. The van der Waals surface area contributed by atoms with Gasteiger partial charge in [-0.15, -0.1) is 0 Å². The highest BCUT2D eigenvalue weighted by atomic mass is 19.4. The molecule has 0 aliphatic carbocycles. The van der Waals surface area contributed by atoms with E-state index in [9.17, 15) is 18.0 Å². The number of rotatable bonds is 4. The summed E-state index contributed by atoms with van der Waals surface area (Å²) in [5.74, 6) is -1.06. The van der Waals surface area contributed by atoms with Crippen LogP contribution in [0.5, 0.6) is 5.88 Å². The molecule has 1 aromatic rings. The van der Waals surface area contributed by atoms with E-state index in [2.05, 4.69) is 4.98 Å². The van der Waals surface area contributed by atoms with Gasteiger partial charge in [-0.25, -0.2) is 4.98 Å². The number of aromatic nitrogens is 1. The maximum atomic E-state index is 13.2. The smallest absolute Gasteiger partial charge is 0.421 e. The topological polar surface area (TPSA) is 51.7 Å². The van der Waals surface area contributed by atoms with E-state index in [-0.39, 0.29) is 18.4 Å². The Bertz CT molecular complexity index is 621. The molecule has 1 aliphatic rings. The number of halogens is 3. The van der Waals surface area contributed by atoms with Crippen LogP contribution in [0.15, 0.2) is 12.1 Å². The maximum absolute atomic E-state index is 13.2. The van der Waals surface area contributed by atoms with E-state index >= 15 is 0 Å². The first-order valence-electron chi connectivity index (χ1n) is 8.11. The fourth-order valence-corrected chi connectivity index (χ4v) is 2.31. The summed E-state index contributed by atoms with van der Waals surface area (Å²) in [5, 5.41) is 0. The standard InChI is InChI=1S/C17H23F3N2O3/c1-16(2,3)22(4)15(23)13-8-7-12(17(18,19)20)14(21-13)25-10-11-6-5-9-24-11/h7-8,11H,5-6,9-10H2,1-4H3. The molecule has 0 aromatic carbocycles. The van der Waals surface area contributed by atoms with Crippen molar-refractivity contribution >= 4 is 5.91 Å². The SMILES string of the molecule is CN(C(=O)c1ccc(C(F)(F)F)c(OCC2CCCO2)n1)C(C)(C)C. The molecular formula is C17H23F3N2O3. The molecule has 1 unspecified atom stereocenters. The average Bonchev–Trinajstić information content (AvgIpc) is 3.02. The molecule has 0 N–H and O–H groups in total. The zero-order valence-electron chi connectivity index (χ0n) is 14.8. The second-order valence-corrected chi connectivity index (χ2v) is 7.03. The van der Waals surface area contributed by atoms with Crippen molar-refractivity contribution in [2.24, 2.45) is 0 Å². The summed E-state index contributed by atoms with van der Waals surface area (Å²) in [7, 11) is 1.58. The Labute approximate surface area is 145 Å². The van der Waals surface area contributed by atoms with Crippen LogP contribution >= 0.6 is 0 Å². The number of amides is 1. The van der Waals surface area contributed by atoms with Crippen molar-refractivity contribution in [3.8, 4) is 5.88 Å². The van der Waals surface area contributed by atoms with Gasteiger partial charge in [0, 0.05) is 19.2 Å². The van der Waals surface area contributed by atoms with E-state index in [4.69, 9.17) is 9.47 Å². The van der Waals surface area contributed by atoms with Crippen molar-refractivity contribution in [3.63, 3.8) is 0 Å². The highest BCUT2D eigenvalue weighted by Crippen LogP contribution is 2.35. The monoisotopic (exact) mass is 360 g/mol. The minimum absolute atomic E-state index is 0.0250. The van der Waals surface area contributed by atoms with Gasteiger partial charge in [0.05, 0.1) is 6.10 Å². The molecule has 0 radical (unpaired) electrons. The van der Waals surface area contributed by atoms with Gasteiger partial charge in [-0.1, -0.05) is 0 Å². The van der Waals surface area contributed by atoms with E-state index < -0.39 is 29.1 Å². The van der Waals surface area contributed by atoms with Gasteiger partial charge < -0.3 is 14.4 Å². The van der Waals surface area contributed by atoms with Crippen LogP contribution in [0.25, 0.3) is 0 Å². The molecule has 0 saturated carbocycles. The third-order valence-electron chi connectivity index (χ3n) is 4.13. The van der Waals surface area contributed by atoms with Gasteiger partial charge in [-0.05, 0) is 45.7 Å². The summed E-state index contributed by atoms with van der Waals surface area (Å²) in [6, 6.07) is 1.91. The van der Waals surface area contributed by atoms with Crippen LogP contribution < -0.4 is 4.74 Å². The Morgan fingerprint density at radius 1 is 1.36 bits per heavy atom. The number of alkyl halides is 3. The van der Waals surface area contributed by atoms with E-state index in [1.54, 1.807) is 7.05 Å². The van der Waals surface area contributed by atoms with Gasteiger partial charge in [0.2, 0.25) is 5.88 Å². The molecule has 1 aromatic heterocycles. The molecule has 1 amide bonds. The number of hydrogen-bond acceptors (Lipinski definition) is 4. The molecule has 2 heterocycles. The third-order valence-corrected chi connectivity index (χ3v) is 4.13. The number of carbonyl (C=O) groups is 1. The number of carbonyl (C=O) groups excluding carboxylic acids is 1. The summed E-state index contributed by atoms with van der Waals surface area (Å²) in [6.45, 7) is 6.02. The first-order valence-corrected chi connectivity index (χ1v) is 8.11. The lowest BCUT2D eigenvalue weighted by atomic mass is 10.1. The van der Waals surface area contributed by atoms with Crippen molar-refractivity contribution in [2.75, 3.05) is 20.3 Å². The van der Waals surface area contributed by atoms with Crippen molar-refractivity contribution in [1.82, 2.24) is 9.88 Å². The van der Waals surface area contributed by atoms with E-state index in [1.807, 2.05) is 20.8 Å². The molecule has 1 saturated heterocycles. The lowest BCUT2D eigenvalue weighted by Gasteiger charge is -2.31. The molecule has 5 nitrogen and oxygen atoms in total. The summed E-state index contributed by atoms with van der Waals surface area (Å²) in [4.78, 5) is 17.7. The van der Waals surface area contributed by atoms with Gasteiger partial charge in [0.15, 0.2) is 0 Å². The van der Waals surface area contributed by atoms with Gasteiger partial charge in [-0.3, -0.25) is 4.79 Å². The molecule has 25 heavy (non-hydrogen) atoms. The number of nitrogens with zero attached hydrogens (tertiary/aromatic N) is 2. The number of ether oxygens (including phenoxy) is 2. The van der Waals surface area contributed by atoms with Crippen LogP contribution in [0.3, 0.4) is 0 Å². The summed E-state index contributed by atoms with van der Waals surface area (Å²) in [6.07, 6.45) is -3.29. The van der Waals surface area contributed by atoms with Crippen LogP contribution in [0.1, 0.15) is 49.7 Å². The Kier molecular flexibility index (Phi) is 5.61. The van der Waals surface area contributed by atoms with Crippen molar-refractivity contribution in [3.05, 3.63) is 23.4 Å². The van der Waals surface area contributed by atoms with Crippen molar-refractivity contribution in [1.29, 1.82) is 0 Å². The Balaban J connectivity index is 2.28. The molecule has 1 aliphatic heterocycles. The fraction of sp³-hybridized carbons (Fsp3) is 0.647. The molecular weight excluding hydrogens is 337 g/mol. The van der Waals surface area contributed by atoms with Gasteiger partial charge >= 0.3 is 6.18 Å². The van der Waals surface area contributed by atoms with E-state index in [0.717, 1.165) is 25.0 Å². The van der Waals surface area contributed by atoms with Gasteiger partial charge in [-0.2, -0.15) is 13.2 Å². The van der Waals surface area contributed by atoms with Crippen LogP contribution in [0.4, 0.5) is 13.2 Å². The molecule has 0 bridgehead atoms. The van der Waals surface area contributed by atoms with Crippen LogP contribution in [-0.2, 0) is 10.9 Å². The quantitative estimate of drug-likeness (QED) is 0.824. The highest BCUT2D eigenvalue weighted by Gasteiger charge is 2.37. The predicted octanol–water partition coefficient (Wildman–Crippen LogP) is 3.53. The van der Waals surface area contributed by atoms with Crippen LogP contribution in [-0.4, -0.2) is 47.7 Å². The summed E-state index contributed by atoms with van der Waals surface area (Å²) >= 11 is 0. The number of hydrogen-bond donors (Lipinski definition) is 0. The van der Waals surface area contributed by atoms with Crippen molar-refractivity contribution in [2.45, 2.75) is 51.4 Å². The van der Waals surface area contributed by atoms with Crippen molar-refractivity contribution < 1.29 is 27.4 Å². The second-order valence-electron chi connectivity index (χ2n) is 7.03. The van der Waals surface area contributed by atoms with Gasteiger partial charge in [0.25, 0.3) is 5.91 Å². The average molecular weight is 360 g/mol.